The third-order valence-electron chi connectivity index (χ3n) is 5.89. The van der Waals surface area contributed by atoms with Gasteiger partial charge in [0.2, 0.25) is 0 Å². The minimum atomic E-state index is -0.154. The van der Waals surface area contributed by atoms with E-state index in [1.807, 2.05) is 36.4 Å². The molecule has 164 valence electrons. The molecule has 1 aliphatic heterocycles. The molecule has 32 heavy (non-hydrogen) atoms. The molecule has 4 rings (SSSR count). The summed E-state index contributed by atoms with van der Waals surface area (Å²) in [5.41, 5.74) is 3.90. The van der Waals surface area contributed by atoms with Gasteiger partial charge in [0.05, 0.1) is 11.7 Å². The Morgan fingerprint density at radius 2 is 1.81 bits per heavy atom. The molecule has 0 aliphatic carbocycles. The number of likely N-dealkylation sites (tertiary alicyclic amines) is 1. The Labute approximate surface area is 190 Å². The number of hydrogen-bond donors (Lipinski definition) is 1. The van der Waals surface area contributed by atoms with Crippen molar-refractivity contribution in [3.63, 3.8) is 0 Å². The number of pyridine rings is 2. The van der Waals surface area contributed by atoms with E-state index in [4.69, 9.17) is 0 Å². The van der Waals surface area contributed by atoms with Crippen LogP contribution < -0.4 is 5.32 Å². The third kappa shape index (κ3) is 5.89. The molecule has 1 amide bonds. The number of aromatic nitrogens is 2. The molecule has 0 bridgehead atoms. The van der Waals surface area contributed by atoms with Gasteiger partial charge in [-0.2, -0.15) is 0 Å². The van der Waals surface area contributed by atoms with Gasteiger partial charge < -0.3 is 5.32 Å². The number of nitrogens with one attached hydrogen (secondary N) is 1. The van der Waals surface area contributed by atoms with Crippen molar-refractivity contribution >= 4 is 12.0 Å². The average Bonchev–Trinajstić information content (AvgIpc) is 2.84. The molecule has 1 aliphatic rings. The van der Waals surface area contributed by atoms with Gasteiger partial charge in [-0.25, -0.2) is 0 Å². The Bertz CT molecular complexity index is 1020. The van der Waals surface area contributed by atoms with Crippen molar-refractivity contribution in [2.24, 2.45) is 5.92 Å². The molecule has 2 unspecified atom stereocenters. The second kappa shape index (κ2) is 10.8. The molecule has 0 saturated carbocycles. The van der Waals surface area contributed by atoms with Crippen molar-refractivity contribution in [3.8, 4) is 0 Å². The Hall–Kier alpha value is -3.31. The Kier molecular flexibility index (Phi) is 7.41. The number of amides is 1. The van der Waals surface area contributed by atoms with E-state index in [1.54, 1.807) is 18.5 Å². The second-order valence-electron chi connectivity index (χ2n) is 8.46. The fraction of sp³-hybridized carbons (Fsp3) is 0.296. The first-order valence-corrected chi connectivity index (χ1v) is 11.3. The van der Waals surface area contributed by atoms with Crippen LogP contribution in [-0.2, 0) is 0 Å². The number of carbonyl (C=O) groups is 1. The maximum Gasteiger partial charge on any atom is 0.270 e. The first-order valence-electron chi connectivity index (χ1n) is 11.3. The van der Waals surface area contributed by atoms with Gasteiger partial charge in [-0.15, -0.1) is 0 Å². The van der Waals surface area contributed by atoms with E-state index >= 15 is 0 Å². The maximum atomic E-state index is 12.9. The predicted molar refractivity (Wildman–Crippen MR) is 128 cm³/mol. The van der Waals surface area contributed by atoms with Crippen LogP contribution in [-0.4, -0.2) is 40.4 Å². The van der Waals surface area contributed by atoms with Crippen molar-refractivity contribution in [2.45, 2.75) is 25.8 Å². The van der Waals surface area contributed by atoms with Crippen LogP contribution >= 0.6 is 0 Å². The Morgan fingerprint density at radius 3 is 2.53 bits per heavy atom. The molecule has 3 aromatic rings. The van der Waals surface area contributed by atoms with E-state index in [0.29, 0.717) is 5.69 Å². The summed E-state index contributed by atoms with van der Waals surface area (Å²) < 4.78 is 0. The third-order valence-corrected chi connectivity index (χ3v) is 5.89. The molecule has 2 atom stereocenters. The summed E-state index contributed by atoms with van der Waals surface area (Å²) in [6, 6.07) is 21.6. The molecule has 3 heterocycles. The summed E-state index contributed by atoms with van der Waals surface area (Å²) in [7, 11) is 0. The highest BCUT2D eigenvalue weighted by atomic mass is 16.1. The van der Waals surface area contributed by atoms with Gasteiger partial charge in [0.25, 0.3) is 5.91 Å². The van der Waals surface area contributed by atoms with Gasteiger partial charge in [0, 0.05) is 25.5 Å². The highest BCUT2D eigenvalue weighted by Crippen LogP contribution is 2.29. The number of nitrogens with zero attached hydrogens (tertiary/aromatic N) is 3. The fourth-order valence-electron chi connectivity index (χ4n) is 4.44. The van der Waals surface area contributed by atoms with Crippen molar-refractivity contribution in [3.05, 3.63) is 102 Å². The molecule has 0 spiro atoms. The molecule has 5 heteroatoms. The quantitative estimate of drug-likeness (QED) is 0.592. The lowest BCUT2D eigenvalue weighted by Gasteiger charge is -2.37. The minimum absolute atomic E-state index is 0.146. The SMILES string of the molecule is C/C(=C\c1ccccc1)CN1CCCC(C(NC(=O)c2ccccn2)c2ccccn2)C1. The van der Waals surface area contributed by atoms with Gasteiger partial charge in [0.1, 0.15) is 5.69 Å². The van der Waals surface area contributed by atoms with Gasteiger partial charge in [-0.05, 0) is 62.1 Å². The molecule has 2 aromatic heterocycles. The molecule has 1 saturated heterocycles. The van der Waals surface area contributed by atoms with Crippen LogP contribution in [0.2, 0.25) is 0 Å². The summed E-state index contributed by atoms with van der Waals surface area (Å²) in [4.78, 5) is 24.2. The van der Waals surface area contributed by atoms with Crippen LogP contribution in [0.4, 0.5) is 0 Å². The smallest absolute Gasteiger partial charge is 0.270 e. The Balaban J connectivity index is 1.48. The maximum absolute atomic E-state index is 12.9. The number of benzene rings is 1. The summed E-state index contributed by atoms with van der Waals surface area (Å²) in [6.07, 6.45) is 7.86. The van der Waals surface area contributed by atoms with Crippen LogP contribution in [0.1, 0.15) is 47.6 Å². The van der Waals surface area contributed by atoms with Gasteiger partial charge in [0.15, 0.2) is 0 Å². The van der Waals surface area contributed by atoms with Crippen LogP contribution in [0.5, 0.6) is 0 Å². The zero-order chi connectivity index (χ0) is 22.2. The monoisotopic (exact) mass is 426 g/mol. The van der Waals surface area contributed by atoms with E-state index in [-0.39, 0.29) is 17.9 Å². The standard InChI is InChI=1S/C27H30N4O/c1-21(18-22-10-3-2-4-11-22)19-31-17-9-12-23(20-31)26(24-13-5-7-15-28-24)30-27(32)25-14-6-8-16-29-25/h2-8,10-11,13-16,18,23,26H,9,12,17,19-20H2,1H3,(H,30,32)/b21-18+. The topological polar surface area (TPSA) is 58.1 Å². The second-order valence-corrected chi connectivity index (χ2v) is 8.46. The van der Waals surface area contributed by atoms with Crippen LogP contribution in [0.25, 0.3) is 6.08 Å². The first-order chi connectivity index (χ1) is 15.7. The van der Waals surface area contributed by atoms with Crippen molar-refractivity contribution in [1.29, 1.82) is 0 Å². The van der Waals surface area contributed by atoms with Gasteiger partial charge in [-0.3, -0.25) is 19.7 Å². The molecule has 0 radical (unpaired) electrons. The van der Waals surface area contributed by atoms with Gasteiger partial charge in [-0.1, -0.05) is 54.1 Å². The highest BCUT2D eigenvalue weighted by molar-refractivity contribution is 5.92. The molecule has 5 nitrogen and oxygen atoms in total. The normalized spacial score (nSPS) is 18.2. The molecule has 1 aromatic carbocycles. The number of rotatable bonds is 7. The Morgan fingerprint density at radius 1 is 1.06 bits per heavy atom. The van der Waals surface area contributed by atoms with E-state index in [9.17, 15) is 4.79 Å². The van der Waals surface area contributed by atoms with Crippen LogP contribution in [0.3, 0.4) is 0 Å². The predicted octanol–water partition coefficient (Wildman–Crippen LogP) is 4.76. The minimum Gasteiger partial charge on any atom is -0.342 e. The van der Waals surface area contributed by atoms with Crippen molar-refractivity contribution in [2.75, 3.05) is 19.6 Å². The zero-order valence-electron chi connectivity index (χ0n) is 18.5. The largest absolute Gasteiger partial charge is 0.342 e. The van der Waals surface area contributed by atoms with E-state index in [1.165, 1.54) is 11.1 Å². The summed E-state index contributed by atoms with van der Waals surface area (Å²) in [5, 5.41) is 3.23. The van der Waals surface area contributed by atoms with Crippen molar-refractivity contribution in [1.82, 2.24) is 20.2 Å². The lowest BCUT2D eigenvalue weighted by atomic mass is 9.88. The number of piperidine rings is 1. The molecule has 1 fully saturated rings. The number of hydrogen-bond acceptors (Lipinski definition) is 4. The lowest BCUT2D eigenvalue weighted by molar-refractivity contribution is 0.0880. The van der Waals surface area contributed by atoms with Crippen molar-refractivity contribution < 1.29 is 4.79 Å². The van der Waals surface area contributed by atoms with E-state index in [0.717, 1.165) is 38.2 Å². The fourth-order valence-corrected chi connectivity index (χ4v) is 4.44. The molecule has 1 N–H and O–H groups in total. The highest BCUT2D eigenvalue weighted by Gasteiger charge is 2.30. The molecular weight excluding hydrogens is 396 g/mol. The number of carbonyl (C=O) groups excluding carboxylic acids is 1. The van der Waals surface area contributed by atoms with E-state index in [2.05, 4.69) is 57.4 Å². The summed E-state index contributed by atoms with van der Waals surface area (Å²) in [5.74, 6) is 0.134. The lowest BCUT2D eigenvalue weighted by Crippen LogP contribution is -2.43. The van der Waals surface area contributed by atoms with Gasteiger partial charge >= 0.3 is 0 Å². The van der Waals surface area contributed by atoms with Crippen LogP contribution in [0, 0.1) is 5.92 Å². The van der Waals surface area contributed by atoms with Crippen LogP contribution in [0.15, 0.2) is 84.7 Å². The van der Waals surface area contributed by atoms with E-state index < -0.39 is 0 Å². The first kappa shape index (κ1) is 21.9. The zero-order valence-corrected chi connectivity index (χ0v) is 18.5. The molecular formula is C27H30N4O. The average molecular weight is 427 g/mol. The summed E-state index contributed by atoms with van der Waals surface area (Å²) >= 11 is 0. The summed E-state index contributed by atoms with van der Waals surface area (Å²) in [6.45, 7) is 5.10.